The number of thiazole rings is 1. The van der Waals surface area contributed by atoms with E-state index in [2.05, 4.69) is 15.6 Å². The first-order valence-electron chi connectivity index (χ1n) is 12.0. The molecule has 0 aliphatic heterocycles. The van der Waals surface area contributed by atoms with Crippen LogP contribution in [0.4, 0.5) is 9.52 Å². The minimum absolute atomic E-state index is 0.142. The first-order chi connectivity index (χ1) is 19.0. The molecule has 6 rings (SSSR count). The summed E-state index contributed by atoms with van der Waals surface area (Å²) in [7, 11) is 0. The van der Waals surface area contributed by atoms with Crippen LogP contribution in [0.25, 0.3) is 27.1 Å². The SMILES string of the molecule is Nc1nc2ccc(CNC(=O)c3cccn4c(C(=O)NCc5cccc(F)c5)c(-c5ccsc5)nc34)cc2s1. The fraction of sp³-hybridized carbons (Fsp3) is 0.0714. The van der Waals surface area contributed by atoms with E-state index in [1.807, 2.05) is 35.0 Å². The number of nitrogens with two attached hydrogens (primary N) is 1. The van der Waals surface area contributed by atoms with Gasteiger partial charge in [-0.05, 0) is 59.0 Å². The Morgan fingerprint density at radius 3 is 2.56 bits per heavy atom. The number of hydrogen-bond acceptors (Lipinski definition) is 7. The van der Waals surface area contributed by atoms with E-state index in [1.54, 1.807) is 34.9 Å². The van der Waals surface area contributed by atoms with Crippen LogP contribution in [-0.4, -0.2) is 26.2 Å². The molecule has 8 nitrogen and oxygen atoms in total. The summed E-state index contributed by atoms with van der Waals surface area (Å²) < 4.78 is 16.2. The number of benzene rings is 2. The highest BCUT2D eigenvalue weighted by molar-refractivity contribution is 7.22. The van der Waals surface area contributed by atoms with Gasteiger partial charge in [-0.1, -0.05) is 29.5 Å². The summed E-state index contributed by atoms with van der Waals surface area (Å²) in [5, 5.41) is 10.1. The number of fused-ring (bicyclic) bond motifs is 2. The standard InChI is InChI=1S/C28H21FN6O2S2/c29-19-4-1-3-16(11-19)13-32-27(37)24-23(18-8-10-38-15-18)34-25-20(5-2-9-35(24)25)26(36)31-14-17-6-7-21-22(12-17)39-28(30)33-21/h1-12,15H,13-14H2,(H2,30,33)(H,31,36)(H,32,37). The maximum Gasteiger partial charge on any atom is 0.270 e. The third-order valence-electron chi connectivity index (χ3n) is 6.17. The molecule has 0 aliphatic rings. The van der Waals surface area contributed by atoms with Gasteiger partial charge in [0.1, 0.15) is 17.2 Å². The molecule has 11 heteroatoms. The fourth-order valence-electron chi connectivity index (χ4n) is 4.35. The van der Waals surface area contributed by atoms with Crippen LogP contribution in [0.3, 0.4) is 0 Å². The number of nitrogen functional groups attached to an aromatic ring is 1. The molecule has 0 radical (unpaired) electrons. The van der Waals surface area contributed by atoms with Crippen LogP contribution in [0.15, 0.2) is 77.6 Å². The molecule has 4 aromatic heterocycles. The predicted molar refractivity (Wildman–Crippen MR) is 151 cm³/mol. The minimum atomic E-state index is -0.386. The summed E-state index contributed by atoms with van der Waals surface area (Å²) in [6.07, 6.45) is 1.70. The Balaban J connectivity index is 1.30. The van der Waals surface area contributed by atoms with Gasteiger partial charge in [0.25, 0.3) is 11.8 Å². The summed E-state index contributed by atoms with van der Waals surface area (Å²) in [6, 6.07) is 17.0. The van der Waals surface area contributed by atoms with Crippen molar-refractivity contribution in [2.45, 2.75) is 13.1 Å². The van der Waals surface area contributed by atoms with Crippen LogP contribution >= 0.6 is 22.7 Å². The van der Waals surface area contributed by atoms with Gasteiger partial charge in [0.15, 0.2) is 10.8 Å². The van der Waals surface area contributed by atoms with Gasteiger partial charge in [0, 0.05) is 30.2 Å². The number of amides is 2. The van der Waals surface area contributed by atoms with Gasteiger partial charge in [-0.2, -0.15) is 11.3 Å². The highest BCUT2D eigenvalue weighted by Gasteiger charge is 2.24. The van der Waals surface area contributed by atoms with Gasteiger partial charge in [-0.25, -0.2) is 14.4 Å². The molecule has 4 heterocycles. The average Bonchev–Trinajstić information content (AvgIpc) is 3.67. The molecule has 2 aromatic carbocycles. The molecular formula is C28H21FN6O2S2. The van der Waals surface area contributed by atoms with Crippen molar-refractivity contribution in [1.82, 2.24) is 25.0 Å². The van der Waals surface area contributed by atoms with Gasteiger partial charge in [0.05, 0.1) is 15.8 Å². The maximum absolute atomic E-state index is 13.6. The molecule has 2 amide bonds. The Bertz CT molecular complexity index is 1840. The summed E-state index contributed by atoms with van der Waals surface area (Å²) in [4.78, 5) is 35.7. The first kappa shape index (κ1) is 24.7. The highest BCUT2D eigenvalue weighted by Crippen LogP contribution is 2.28. The van der Waals surface area contributed by atoms with Gasteiger partial charge in [0.2, 0.25) is 0 Å². The summed E-state index contributed by atoms with van der Waals surface area (Å²) in [5.74, 6) is -1.08. The number of nitrogens with zero attached hydrogens (tertiary/aromatic N) is 3. The van der Waals surface area contributed by atoms with E-state index in [9.17, 15) is 14.0 Å². The molecule has 0 saturated heterocycles. The van der Waals surface area contributed by atoms with Crippen molar-refractivity contribution >= 4 is 55.5 Å². The molecule has 6 aromatic rings. The lowest BCUT2D eigenvalue weighted by Crippen LogP contribution is -2.25. The monoisotopic (exact) mass is 556 g/mol. The summed E-state index contributed by atoms with van der Waals surface area (Å²) >= 11 is 2.87. The second-order valence-corrected chi connectivity index (χ2v) is 10.6. The zero-order valence-corrected chi connectivity index (χ0v) is 22.0. The lowest BCUT2D eigenvalue weighted by atomic mass is 10.2. The van der Waals surface area contributed by atoms with Gasteiger partial charge < -0.3 is 16.4 Å². The van der Waals surface area contributed by atoms with Crippen LogP contribution in [0, 0.1) is 5.82 Å². The van der Waals surface area contributed by atoms with Crippen LogP contribution in [-0.2, 0) is 13.1 Å². The van der Waals surface area contributed by atoms with Crippen LogP contribution in [0.2, 0.25) is 0 Å². The van der Waals surface area contributed by atoms with Crippen molar-refractivity contribution in [1.29, 1.82) is 0 Å². The third kappa shape index (κ3) is 4.97. The number of anilines is 1. The van der Waals surface area contributed by atoms with E-state index in [0.29, 0.717) is 39.8 Å². The Labute approximate surface area is 230 Å². The van der Waals surface area contributed by atoms with Crippen LogP contribution in [0.1, 0.15) is 32.0 Å². The van der Waals surface area contributed by atoms with E-state index in [4.69, 9.17) is 10.7 Å². The number of carbonyl (C=O) groups is 2. The molecular weight excluding hydrogens is 535 g/mol. The predicted octanol–water partition coefficient (Wildman–Crippen LogP) is 5.25. The van der Waals surface area contributed by atoms with Crippen molar-refractivity contribution in [2.24, 2.45) is 0 Å². The molecule has 0 saturated carbocycles. The average molecular weight is 557 g/mol. The van der Waals surface area contributed by atoms with Crippen molar-refractivity contribution < 1.29 is 14.0 Å². The number of carbonyl (C=O) groups excluding carboxylic acids is 2. The van der Waals surface area contributed by atoms with E-state index < -0.39 is 0 Å². The highest BCUT2D eigenvalue weighted by atomic mass is 32.1. The summed E-state index contributed by atoms with van der Waals surface area (Å²) in [5.41, 5.74) is 10.4. The van der Waals surface area contributed by atoms with E-state index in [-0.39, 0.29) is 24.2 Å². The number of imidazole rings is 1. The fourth-order valence-corrected chi connectivity index (χ4v) is 5.79. The lowest BCUT2D eigenvalue weighted by molar-refractivity contribution is 0.0938. The van der Waals surface area contributed by atoms with Crippen molar-refractivity contribution in [3.63, 3.8) is 0 Å². The van der Waals surface area contributed by atoms with Gasteiger partial charge in [-0.15, -0.1) is 0 Å². The zero-order valence-electron chi connectivity index (χ0n) is 20.3. The Hall–Kier alpha value is -4.61. The molecule has 0 atom stereocenters. The number of halogens is 1. The normalized spacial score (nSPS) is 11.2. The maximum atomic E-state index is 13.6. The van der Waals surface area contributed by atoms with E-state index >= 15 is 0 Å². The molecule has 0 fully saturated rings. The second-order valence-electron chi connectivity index (χ2n) is 8.79. The lowest BCUT2D eigenvalue weighted by Gasteiger charge is -2.09. The first-order valence-corrected chi connectivity index (χ1v) is 13.7. The molecule has 194 valence electrons. The molecule has 4 N–H and O–H groups in total. The molecule has 0 unspecified atom stereocenters. The van der Waals surface area contributed by atoms with Crippen molar-refractivity contribution in [3.8, 4) is 11.3 Å². The number of nitrogens with one attached hydrogen (secondary N) is 2. The molecule has 39 heavy (non-hydrogen) atoms. The Kier molecular flexibility index (Phi) is 6.51. The Morgan fingerprint density at radius 1 is 0.949 bits per heavy atom. The number of thiophene rings is 1. The van der Waals surface area contributed by atoms with Gasteiger partial charge in [-0.3, -0.25) is 14.0 Å². The zero-order chi connectivity index (χ0) is 26.9. The Morgan fingerprint density at radius 2 is 1.77 bits per heavy atom. The molecule has 0 aliphatic carbocycles. The number of aromatic nitrogens is 3. The number of hydrogen-bond donors (Lipinski definition) is 3. The quantitative estimate of drug-likeness (QED) is 0.248. The van der Waals surface area contributed by atoms with E-state index in [0.717, 1.165) is 21.3 Å². The topological polar surface area (TPSA) is 114 Å². The van der Waals surface area contributed by atoms with Gasteiger partial charge >= 0.3 is 0 Å². The number of rotatable bonds is 7. The largest absolute Gasteiger partial charge is 0.375 e. The third-order valence-corrected chi connectivity index (χ3v) is 7.70. The van der Waals surface area contributed by atoms with E-state index in [1.165, 1.54) is 34.8 Å². The molecule has 0 spiro atoms. The van der Waals surface area contributed by atoms with Crippen molar-refractivity contribution in [3.05, 3.63) is 106 Å². The second kappa shape index (κ2) is 10.3. The minimum Gasteiger partial charge on any atom is -0.375 e. The number of pyridine rings is 1. The summed E-state index contributed by atoms with van der Waals surface area (Å²) in [6.45, 7) is 0.440. The van der Waals surface area contributed by atoms with Crippen molar-refractivity contribution in [2.75, 3.05) is 5.73 Å². The van der Waals surface area contributed by atoms with Crippen LogP contribution in [0.5, 0.6) is 0 Å². The smallest absolute Gasteiger partial charge is 0.270 e. The molecule has 0 bridgehead atoms. The van der Waals surface area contributed by atoms with Crippen LogP contribution < -0.4 is 16.4 Å².